The van der Waals surface area contributed by atoms with Crippen molar-refractivity contribution in [3.05, 3.63) is 90.8 Å². The quantitative estimate of drug-likeness (QED) is 0.553. The number of fused-ring (bicyclic) bond motifs is 3. The van der Waals surface area contributed by atoms with Crippen molar-refractivity contribution >= 4 is 0 Å². The van der Waals surface area contributed by atoms with Crippen LogP contribution in [0.2, 0.25) is 0 Å². The second-order valence-electron chi connectivity index (χ2n) is 9.02. The van der Waals surface area contributed by atoms with Crippen molar-refractivity contribution in [3.8, 4) is 11.1 Å². The molecule has 0 heterocycles. The normalized spacial score (nSPS) is 15.8. The molecule has 0 spiro atoms. The Hall–Kier alpha value is -0.877. The predicted octanol–water partition coefficient (Wildman–Crippen LogP) is 1.32. The standard InChI is InChI=1S/C26H27.2ClH.Zr/c1-16(2)22-15-17(3)23(25(22)26(4,5)6)24-20-13-9-7-11-18(20)19-12-8-10-14-21(19)24;;;/h7-14,24H,1-6H3;2*1H;/q;;;+2/p-2. The van der Waals surface area contributed by atoms with Crippen molar-refractivity contribution in [2.45, 2.75) is 47.5 Å². The maximum absolute atomic E-state index is 2.37. The Morgan fingerprint density at radius 3 is 1.69 bits per heavy atom. The van der Waals surface area contributed by atoms with Gasteiger partial charge >= 0.3 is 180 Å². The molecular formula is C26H27Cl2Zr. The van der Waals surface area contributed by atoms with Gasteiger partial charge in [-0.15, -0.1) is 0 Å². The first-order valence-electron chi connectivity index (χ1n) is 9.77. The van der Waals surface area contributed by atoms with Crippen molar-refractivity contribution < 1.29 is 49.5 Å². The summed E-state index contributed by atoms with van der Waals surface area (Å²) in [7, 11) is 0. The van der Waals surface area contributed by atoms with Crippen LogP contribution in [0.5, 0.6) is 0 Å². The molecule has 29 heavy (non-hydrogen) atoms. The third kappa shape index (κ3) is 3.80. The molecule has 3 heteroatoms. The van der Waals surface area contributed by atoms with E-state index >= 15 is 0 Å². The molecule has 0 radical (unpaired) electrons. The van der Waals surface area contributed by atoms with Crippen LogP contribution in [-0.2, 0) is 24.7 Å². The molecular weight excluding hydrogens is 474 g/mol. The van der Waals surface area contributed by atoms with E-state index in [1.54, 1.807) is 14.4 Å². The van der Waals surface area contributed by atoms with E-state index in [1.807, 2.05) is 0 Å². The van der Waals surface area contributed by atoms with Gasteiger partial charge in [-0.3, -0.25) is 0 Å². The maximum atomic E-state index is 2.37. The van der Waals surface area contributed by atoms with Crippen molar-refractivity contribution in [1.29, 1.82) is 0 Å². The van der Waals surface area contributed by atoms with Gasteiger partial charge < -0.3 is 24.8 Å². The van der Waals surface area contributed by atoms with E-state index in [2.05, 4.69) is 90.1 Å². The minimum Gasteiger partial charge on any atom is -1.00 e. The molecule has 0 fully saturated rings. The predicted molar refractivity (Wildman–Crippen MR) is 111 cm³/mol. The fourth-order valence-electron chi connectivity index (χ4n) is 4.88. The molecule has 2 aliphatic carbocycles. The van der Waals surface area contributed by atoms with Crippen LogP contribution in [0, 0.1) is 5.41 Å². The molecule has 0 nitrogen and oxygen atoms in total. The number of rotatable bonds is 1. The third-order valence-electron chi connectivity index (χ3n) is 5.92. The molecule has 0 aliphatic heterocycles. The molecule has 0 aromatic heterocycles. The van der Waals surface area contributed by atoms with Gasteiger partial charge in [-0.2, -0.15) is 0 Å². The van der Waals surface area contributed by atoms with E-state index in [4.69, 9.17) is 0 Å². The van der Waals surface area contributed by atoms with Gasteiger partial charge in [-0.05, 0) is 0 Å². The first-order valence-corrected chi connectivity index (χ1v) is 11.0. The molecule has 4 rings (SSSR count). The summed E-state index contributed by atoms with van der Waals surface area (Å²) in [5, 5.41) is 0. The van der Waals surface area contributed by atoms with Crippen LogP contribution in [0.3, 0.4) is 0 Å². The van der Waals surface area contributed by atoms with Gasteiger partial charge in [-0.25, -0.2) is 0 Å². The minimum atomic E-state index is 0. The van der Waals surface area contributed by atoms with Crippen molar-refractivity contribution in [3.63, 3.8) is 0 Å². The Kier molecular flexibility index (Phi) is 7.32. The zero-order valence-corrected chi connectivity index (χ0v) is 21.9. The molecule has 0 saturated heterocycles. The van der Waals surface area contributed by atoms with Gasteiger partial charge in [0.2, 0.25) is 0 Å². The van der Waals surface area contributed by atoms with Crippen molar-refractivity contribution in [2.75, 3.05) is 0 Å². The van der Waals surface area contributed by atoms with E-state index in [0.717, 1.165) is 0 Å². The monoisotopic (exact) mass is 499 g/mol. The minimum absolute atomic E-state index is 0. The Morgan fingerprint density at radius 1 is 0.828 bits per heavy atom. The number of allylic oxidation sites excluding steroid dienone is 6. The average molecular weight is 502 g/mol. The van der Waals surface area contributed by atoms with Crippen LogP contribution in [0.4, 0.5) is 0 Å². The van der Waals surface area contributed by atoms with Gasteiger partial charge in [0.05, 0.1) is 0 Å². The fourth-order valence-corrected chi connectivity index (χ4v) is 6.13. The van der Waals surface area contributed by atoms with E-state index < -0.39 is 0 Å². The number of benzene rings is 2. The molecule has 0 saturated carbocycles. The second-order valence-corrected chi connectivity index (χ2v) is 10.3. The maximum Gasteiger partial charge on any atom is -1.00 e. The van der Waals surface area contributed by atoms with E-state index in [-0.39, 0.29) is 30.2 Å². The molecule has 0 N–H and O–H groups in total. The fraction of sp³-hybridized carbons (Fsp3) is 0.308. The Morgan fingerprint density at radius 2 is 1.28 bits per heavy atom. The molecule has 2 aromatic rings. The summed E-state index contributed by atoms with van der Waals surface area (Å²) < 4.78 is 1.55. The average Bonchev–Trinajstić information content (AvgIpc) is 3.08. The van der Waals surface area contributed by atoms with E-state index in [1.165, 1.54) is 63.7 Å². The zero-order chi connectivity index (χ0) is 19.5. The summed E-state index contributed by atoms with van der Waals surface area (Å²) >= 11 is 1.52. The summed E-state index contributed by atoms with van der Waals surface area (Å²) in [6.45, 7) is 14.0. The van der Waals surface area contributed by atoms with E-state index in [9.17, 15) is 0 Å². The second kappa shape index (κ2) is 8.70. The van der Waals surface area contributed by atoms with Crippen LogP contribution in [0.1, 0.15) is 58.6 Å². The van der Waals surface area contributed by atoms with Gasteiger partial charge in [0.15, 0.2) is 0 Å². The van der Waals surface area contributed by atoms with Crippen molar-refractivity contribution in [2.24, 2.45) is 5.41 Å². The zero-order valence-electron chi connectivity index (χ0n) is 18.0. The largest absolute Gasteiger partial charge is 1.00 e. The van der Waals surface area contributed by atoms with E-state index in [0.29, 0.717) is 5.92 Å². The number of hydrogen-bond acceptors (Lipinski definition) is 0. The molecule has 149 valence electrons. The van der Waals surface area contributed by atoms with Crippen LogP contribution >= 0.6 is 0 Å². The first-order chi connectivity index (χ1) is 12.7. The molecule has 2 aliphatic rings. The van der Waals surface area contributed by atoms with Crippen LogP contribution < -0.4 is 24.8 Å². The number of halogens is 2. The van der Waals surface area contributed by atoms with Gasteiger partial charge in [-0.1, -0.05) is 0 Å². The summed E-state index contributed by atoms with van der Waals surface area (Å²) in [6.07, 6.45) is 0. The van der Waals surface area contributed by atoms with Crippen LogP contribution in [0.15, 0.2) is 79.7 Å². The van der Waals surface area contributed by atoms with Gasteiger partial charge in [0, 0.05) is 0 Å². The Balaban J connectivity index is 0.00000150. The molecule has 0 unspecified atom stereocenters. The summed E-state index contributed by atoms with van der Waals surface area (Å²) in [5.41, 5.74) is 13.5. The Bertz CT molecular complexity index is 999. The third-order valence-corrected chi connectivity index (χ3v) is 7.46. The smallest absolute Gasteiger partial charge is 1.00 e. The molecule has 0 bridgehead atoms. The molecule has 0 amide bonds. The van der Waals surface area contributed by atoms with Crippen LogP contribution in [0.25, 0.3) is 11.1 Å². The first kappa shape index (κ1) is 24.4. The van der Waals surface area contributed by atoms with Crippen LogP contribution in [-0.4, -0.2) is 0 Å². The van der Waals surface area contributed by atoms with Gasteiger partial charge in [0.1, 0.15) is 0 Å². The Labute approximate surface area is 203 Å². The topological polar surface area (TPSA) is 0 Å². The summed E-state index contributed by atoms with van der Waals surface area (Å²) in [4.78, 5) is 0. The molecule has 2 aromatic carbocycles. The summed E-state index contributed by atoms with van der Waals surface area (Å²) in [6, 6.07) is 18.0. The molecule has 0 atom stereocenters. The number of hydrogen-bond donors (Lipinski definition) is 0. The summed E-state index contributed by atoms with van der Waals surface area (Å²) in [5.74, 6) is 0.346. The SMILES string of the molecule is CC(C)=C1[C]([Zr+2])=C(C)C(C2c3ccccc3-c3ccccc32)=C1C(C)(C)C.[Cl-].[Cl-]. The van der Waals surface area contributed by atoms with Crippen molar-refractivity contribution in [1.82, 2.24) is 0 Å². The van der Waals surface area contributed by atoms with Gasteiger partial charge in [0.25, 0.3) is 0 Å².